The summed E-state index contributed by atoms with van der Waals surface area (Å²) in [5.41, 5.74) is 2.81. The molecule has 0 aliphatic carbocycles. The average molecular weight is 176 g/mol. The molecular weight excluding hydrogens is 160 g/mol. The monoisotopic (exact) mass is 176 g/mol. The molecule has 1 aliphatic heterocycles. The van der Waals surface area contributed by atoms with Gasteiger partial charge in [0.05, 0.1) is 0 Å². The van der Waals surface area contributed by atoms with E-state index in [0.717, 1.165) is 6.54 Å². The molecule has 1 aromatic rings. The molecule has 2 rings (SSSR count). The second-order valence-corrected chi connectivity index (χ2v) is 3.78. The van der Waals surface area contributed by atoms with Crippen LogP contribution in [-0.4, -0.2) is 18.1 Å². The molecule has 0 radical (unpaired) electrons. The number of aromatic nitrogens is 1. The first-order valence-corrected chi connectivity index (χ1v) is 5.01. The van der Waals surface area contributed by atoms with E-state index in [0.29, 0.717) is 5.92 Å². The van der Waals surface area contributed by atoms with Crippen LogP contribution in [0.15, 0.2) is 18.5 Å². The van der Waals surface area contributed by atoms with Gasteiger partial charge in [-0.15, -0.1) is 0 Å². The number of nitrogens with zero attached hydrogens (tertiary/aromatic N) is 2. The van der Waals surface area contributed by atoms with Crippen LogP contribution in [0.25, 0.3) is 0 Å². The molecule has 1 aliphatic rings. The molecule has 2 heteroatoms. The Morgan fingerprint density at radius 1 is 1.62 bits per heavy atom. The lowest BCUT2D eigenvalue weighted by molar-refractivity contribution is 0.731. The van der Waals surface area contributed by atoms with Crippen molar-refractivity contribution < 1.29 is 0 Å². The molecule has 0 saturated heterocycles. The number of hydrogen-bond acceptors (Lipinski definition) is 2. The minimum Gasteiger partial charge on any atom is -0.371 e. The van der Waals surface area contributed by atoms with Crippen LogP contribution >= 0.6 is 0 Å². The van der Waals surface area contributed by atoms with Crippen LogP contribution in [0.5, 0.6) is 0 Å². The summed E-state index contributed by atoms with van der Waals surface area (Å²) in [6, 6.07) is 2.13. The van der Waals surface area contributed by atoms with Crippen molar-refractivity contribution in [2.24, 2.45) is 0 Å². The fraction of sp³-hybridized carbons (Fsp3) is 0.545. The van der Waals surface area contributed by atoms with Gasteiger partial charge >= 0.3 is 0 Å². The van der Waals surface area contributed by atoms with Gasteiger partial charge in [0.1, 0.15) is 0 Å². The van der Waals surface area contributed by atoms with Crippen LogP contribution in [0.3, 0.4) is 0 Å². The summed E-state index contributed by atoms with van der Waals surface area (Å²) in [4.78, 5) is 6.63. The van der Waals surface area contributed by atoms with E-state index in [9.17, 15) is 0 Å². The molecule has 0 N–H and O–H groups in total. The van der Waals surface area contributed by atoms with Gasteiger partial charge in [0.2, 0.25) is 0 Å². The first-order valence-electron chi connectivity index (χ1n) is 5.01. The van der Waals surface area contributed by atoms with Gasteiger partial charge in [-0.05, 0) is 18.1 Å². The van der Waals surface area contributed by atoms with E-state index < -0.39 is 0 Å². The van der Waals surface area contributed by atoms with Crippen molar-refractivity contribution in [1.82, 2.24) is 4.98 Å². The summed E-state index contributed by atoms with van der Waals surface area (Å²) in [6.45, 7) is 6.83. The van der Waals surface area contributed by atoms with Gasteiger partial charge in [0.25, 0.3) is 0 Å². The number of rotatable bonds is 2. The molecule has 2 nitrogen and oxygen atoms in total. The second kappa shape index (κ2) is 3.36. The summed E-state index contributed by atoms with van der Waals surface area (Å²) in [6.07, 6.45) is 5.11. The van der Waals surface area contributed by atoms with E-state index in [1.807, 2.05) is 12.4 Å². The predicted octanol–water partition coefficient (Wildman–Crippen LogP) is 2.42. The summed E-state index contributed by atoms with van der Waals surface area (Å²) in [5.74, 6) is 0.648. The lowest BCUT2D eigenvalue weighted by Crippen LogP contribution is -2.21. The Morgan fingerprint density at radius 2 is 2.46 bits per heavy atom. The smallest absolute Gasteiger partial charge is 0.0433 e. The molecule has 0 spiro atoms. The highest BCUT2D eigenvalue weighted by atomic mass is 15.2. The summed E-state index contributed by atoms with van der Waals surface area (Å²) < 4.78 is 0. The average Bonchev–Trinajstić information content (AvgIpc) is 2.46. The van der Waals surface area contributed by atoms with Crippen LogP contribution < -0.4 is 4.90 Å². The van der Waals surface area contributed by atoms with E-state index >= 15 is 0 Å². The van der Waals surface area contributed by atoms with Gasteiger partial charge in [-0.2, -0.15) is 0 Å². The zero-order valence-electron chi connectivity index (χ0n) is 8.33. The van der Waals surface area contributed by atoms with Crippen molar-refractivity contribution in [3.63, 3.8) is 0 Å². The van der Waals surface area contributed by atoms with Crippen molar-refractivity contribution in [3.05, 3.63) is 24.0 Å². The molecule has 1 aromatic heterocycles. The molecular formula is C11H16N2. The maximum Gasteiger partial charge on any atom is 0.0433 e. The molecule has 0 aromatic carbocycles. The molecule has 13 heavy (non-hydrogen) atoms. The van der Waals surface area contributed by atoms with Crippen LogP contribution in [-0.2, 0) is 0 Å². The highest BCUT2D eigenvalue weighted by Crippen LogP contribution is 2.34. The maximum absolute atomic E-state index is 4.17. The summed E-state index contributed by atoms with van der Waals surface area (Å²) in [7, 11) is 0. The molecule has 1 atom stereocenters. The minimum atomic E-state index is 0.648. The number of fused-ring (bicyclic) bond motifs is 1. The molecule has 70 valence electrons. The SMILES string of the molecule is CCCN1CC(C)c2cnccc21. The van der Waals surface area contributed by atoms with Gasteiger partial charge in [-0.25, -0.2) is 0 Å². The third kappa shape index (κ3) is 1.41. The first kappa shape index (κ1) is 8.54. The van der Waals surface area contributed by atoms with Crippen LogP contribution in [0.4, 0.5) is 5.69 Å². The second-order valence-electron chi connectivity index (χ2n) is 3.78. The van der Waals surface area contributed by atoms with Crippen LogP contribution in [0.2, 0.25) is 0 Å². The molecule has 0 bridgehead atoms. The Labute approximate surface area is 79.6 Å². The third-order valence-corrected chi connectivity index (χ3v) is 2.69. The fourth-order valence-corrected chi connectivity index (χ4v) is 2.08. The van der Waals surface area contributed by atoms with Crippen LogP contribution in [0.1, 0.15) is 31.7 Å². The van der Waals surface area contributed by atoms with Crippen molar-refractivity contribution in [2.45, 2.75) is 26.2 Å². The minimum absolute atomic E-state index is 0.648. The first-order chi connectivity index (χ1) is 6.33. The summed E-state index contributed by atoms with van der Waals surface area (Å²) in [5, 5.41) is 0. The number of pyridine rings is 1. The normalized spacial score (nSPS) is 20.5. The van der Waals surface area contributed by atoms with Crippen molar-refractivity contribution in [2.75, 3.05) is 18.0 Å². The third-order valence-electron chi connectivity index (χ3n) is 2.69. The van der Waals surface area contributed by atoms with Crippen molar-refractivity contribution in [3.8, 4) is 0 Å². The molecule has 2 heterocycles. The van der Waals surface area contributed by atoms with E-state index in [1.54, 1.807) is 0 Å². The van der Waals surface area contributed by atoms with Gasteiger partial charge in [-0.3, -0.25) is 4.98 Å². The fourth-order valence-electron chi connectivity index (χ4n) is 2.08. The molecule has 1 unspecified atom stereocenters. The number of anilines is 1. The lowest BCUT2D eigenvalue weighted by atomic mass is 10.1. The predicted molar refractivity (Wildman–Crippen MR) is 55.2 cm³/mol. The van der Waals surface area contributed by atoms with E-state index in [2.05, 4.69) is 29.8 Å². The van der Waals surface area contributed by atoms with E-state index in [4.69, 9.17) is 0 Å². The molecule has 0 saturated carbocycles. The van der Waals surface area contributed by atoms with Crippen molar-refractivity contribution in [1.29, 1.82) is 0 Å². The zero-order chi connectivity index (χ0) is 9.26. The Bertz CT molecular complexity index is 296. The largest absolute Gasteiger partial charge is 0.371 e. The van der Waals surface area contributed by atoms with Gasteiger partial charge in [-0.1, -0.05) is 13.8 Å². The highest BCUT2D eigenvalue weighted by Gasteiger charge is 2.24. The van der Waals surface area contributed by atoms with E-state index in [-0.39, 0.29) is 0 Å². The standard InChI is InChI=1S/C11H16N2/c1-3-6-13-8-9(2)10-7-12-5-4-11(10)13/h4-5,7,9H,3,6,8H2,1-2H3. The highest BCUT2D eigenvalue weighted by molar-refractivity contribution is 5.58. The Morgan fingerprint density at radius 3 is 3.23 bits per heavy atom. The molecule has 0 fully saturated rings. The van der Waals surface area contributed by atoms with Gasteiger partial charge in [0.15, 0.2) is 0 Å². The quantitative estimate of drug-likeness (QED) is 0.688. The van der Waals surface area contributed by atoms with Crippen LogP contribution in [0, 0.1) is 0 Å². The Balaban J connectivity index is 2.30. The van der Waals surface area contributed by atoms with Gasteiger partial charge in [0, 0.05) is 37.1 Å². The van der Waals surface area contributed by atoms with E-state index in [1.165, 1.54) is 24.2 Å². The Hall–Kier alpha value is -1.05. The van der Waals surface area contributed by atoms with Gasteiger partial charge < -0.3 is 4.90 Å². The summed E-state index contributed by atoms with van der Waals surface area (Å²) >= 11 is 0. The maximum atomic E-state index is 4.17. The topological polar surface area (TPSA) is 16.1 Å². The van der Waals surface area contributed by atoms with Crippen molar-refractivity contribution >= 4 is 5.69 Å². The number of hydrogen-bond donors (Lipinski definition) is 0. The zero-order valence-corrected chi connectivity index (χ0v) is 8.33. The Kier molecular flexibility index (Phi) is 2.21. The molecule has 0 amide bonds. The lowest BCUT2D eigenvalue weighted by Gasteiger charge is -2.17.